The van der Waals surface area contributed by atoms with Crippen molar-refractivity contribution < 1.29 is 9.84 Å². The molecule has 0 saturated carbocycles. The van der Waals surface area contributed by atoms with E-state index in [1.54, 1.807) is 7.11 Å². The van der Waals surface area contributed by atoms with Gasteiger partial charge < -0.3 is 20.9 Å². The fraction of sp³-hybridized carbons (Fsp3) is 0.538. The molecule has 1 rings (SSSR count). The zero-order valence-electron chi connectivity index (χ0n) is 10.7. The average molecular weight is 238 g/mol. The van der Waals surface area contributed by atoms with Gasteiger partial charge >= 0.3 is 0 Å². The average Bonchev–Trinajstić information content (AvgIpc) is 2.27. The van der Waals surface area contributed by atoms with E-state index in [2.05, 4.69) is 19.2 Å². The molecular formula is C13H22N2O2. The summed E-state index contributed by atoms with van der Waals surface area (Å²) >= 11 is 0. The predicted molar refractivity (Wildman–Crippen MR) is 71.4 cm³/mol. The lowest BCUT2D eigenvalue weighted by atomic mass is 10.1. The number of nitrogens with one attached hydrogen (secondary N) is 1. The first kappa shape index (κ1) is 13.6. The molecule has 96 valence electrons. The van der Waals surface area contributed by atoms with Gasteiger partial charge in [0.2, 0.25) is 0 Å². The van der Waals surface area contributed by atoms with Gasteiger partial charge in [-0.2, -0.15) is 0 Å². The van der Waals surface area contributed by atoms with Gasteiger partial charge in [0.1, 0.15) is 5.75 Å². The van der Waals surface area contributed by atoms with E-state index in [-0.39, 0.29) is 6.10 Å². The second kappa shape index (κ2) is 6.35. The molecule has 0 heterocycles. The second-order valence-electron chi connectivity index (χ2n) is 4.59. The summed E-state index contributed by atoms with van der Waals surface area (Å²) in [6.45, 7) is 4.67. The summed E-state index contributed by atoms with van der Waals surface area (Å²) in [5.74, 6) is 1.13. The number of hydrogen-bond acceptors (Lipinski definition) is 4. The number of benzene rings is 1. The molecule has 1 aromatic rings. The van der Waals surface area contributed by atoms with Gasteiger partial charge in [-0.3, -0.25) is 0 Å². The van der Waals surface area contributed by atoms with Crippen molar-refractivity contribution in [3.8, 4) is 5.75 Å². The maximum absolute atomic E-state index is 9.76. The van der Waals surface area contributed by atoms with Crippen LogP contribution in [0, 0.1) is 5.92 Å². The minimum Gasteiger partial charge on any atom is -0.495 e. The number of nitrogens with two attached hydrogens (primary N) is 1. The minimum absolute atomic E-state index is 0.361. The number of aliphatic hydroxyl groups is 1. The Kier molecular flexibility index (Phi) is 5.10. The van der Waals surface area contributed by atoms with Crippen LogP contribution in [0.4, 0.5) is 11.4 Å². The van der Waals surface area contributed by atoms with Gasteiger partial charge in [-0.05, 0) is 24.5 Å². The summed E-state index contributed by atoms with van der Waals surface area (Å²) in [4.78, 5) is 0. The Labute approximate surface area is 103 Å². The Morgan fingerprint density at radius 3 is 2.71 bits per heavy atom. The van der Waals surface area contributed by atoms with Gasteiger partial charge in [0, 0.05) is 6.54 Å². The Bertz CT molecular complexity index is 353. The second-order valence-corrected chi connectivity index (χ2v) is 4.59. The van der Waals surface area contributed by atoms with E-state index in [1.807, 2.05) is 18.2 Å². The SMILES string of the molecule is COc1cccc(NCC(O)CC(C)C)c1N. The van der Waals surface area contributed by atoms with Crippen LogP contribution in [0.5, 0.6) is 5.75 Å². The number of aliphatic hydroxyl groups excluding tert-OH is 1. The lowest BCUT2D eigenvalue weighted by Gasteiger charge is -2.16. The van der Waals surface area contributed by atoms with Crippen molar-refractivity contribution in [2.24, 2.45) is 5.92 Å². The van der Waals surface area contributed by atoms with Crippen LogP contribution in [0.3, 0.4) is 0 Å². The van der Waals surface area contributed by atoms with E-state index in [0.717, 1.165) is 12.1 Å². The molecular weight excluding hydrogens is 216 g/mol. The Morgan fingerprint density at radius 2 is 2.12 bits per heavy atom. The molecule has 0 aliphatic heterocycles. The maximum atomic E-state index is 9.76. The third-order valence-electron chi connectivity index (χ3n) is 2.56. The van der Waals surface area contributed by atoms with Crippen LogP contribution in [-0.4, -0.2) is 24.9 Å². The smallest absolute Gasteiger partial charge is 0.143 e. The molecule has 4 heteroatoms. The largest absolute Gasteiger partial charge is 0.495 e. The Hall–Kier alpha value is -1.42. The number of para-hydroxylation sites is 1. The third kappa shape index (κ3) is 4.15. The van der Waals surface area contributed by atoms with Gasteiger partial charge in [0.25, 0.3) is 0 Å². The number of anilines is 2. The number of ether oxygens (including phenoxy) is 1. The molecule has 0 aliphatic carbocycles. The van der Waals surface area contributed by atoms with Crippen molar-refractivity contribution in [1.82, 2.24) is 0 Å². The van der Waals surface area contributed by atoms with Crippen LogP contribution < -0.4 is 15.8 Å². The number of nitrogen functional groups attached to an aromatic ring is 1. The quantitative estimate of drug-likeness (QED) is 0.664. The summed E-state index contributed by atoms with van der Waals surface area (Å²) in [6.07, 6.45) is 0.414. The zero-order chi connectivity index (χ0) is 12.8. The van der Waals surface area contributed by atoms with Crippen molar-refractivity contribution >= 4 is 11.4 Å². The highest BCUT2D eigenvalue weighted by molar-refractivity contribution is 5.72. The topological polar surface area (TPSA) is 67.5 Å². The highest BCUT2D eigenvalue weighted by atomic mass is 16.5. The molecule has 4 N–H and O–H groups in total. The van der Waals surface area contributed by atoms with E-state index in [1.165, 1.54) is 0 Å². The molecule has 0 spiro atoms. The van der Waals surface area contributed by atoms with Crippen LogP contribution in [0.1, 0.15) is 20.3 Å². The molecule has 4 nitrogen and oxygen atoms in total. The number of rotatable bonds is 6. The van der Waals surface area contributed by atoms with Crippen molar-refractivity contribution in [2.75, 3.05) is 24.7 Å². The summed E-state index contributed by atoms with van der Waals surface area (Å²) in [7, 11) is 1.59. The van der Waals surface area contributed by atoms with Crippen molar-refractivity contribution in [1.29, 1.82) is 0 Å². The maximum Gasteiger partial charge on any atom is 0.143 e. The van der Waals surface area contributed by atoms with Crippen LogP contribution in [-0.2, 0) is 0 Å². The first-order valence-corrected chi connectivity index (χ1v) is 5.89. The normalized spacial score (nSPS) is 12.5. The van der Waals surface area contributed by atoms with E-state index >= 15 is 0 Å². The molecule has 0 aliphatic rings. The van der Waals surface area contributed by atoms with E-state index in [0.29, 0.717) is 23.9 Å². The summed E-state index contributed by atoms with van der Waals surface area (Å²) in [5, 5.41) is 12.9. The minimum atomic E-state index is -0.361. The van der Waals surface area contributed by atoms with E-state index in [9.17, 15) is 5.11 Å². The molecule has 0 fully saturated rings. The molecule has 1 aromatic carbocycles. The summed E-state index contributed by atoms with van der Waals surface area (Å²) < 4.78 is 5.13. The van der Waals surface area contributed by atoms with Crippen LogP contribution in [0.2, 0.25) is 0 Å². The van der Waals surface area contributed by atoms with Crippen LogP contribution in [0.25, 0.3) is 0 Å². The first-order chi connectivity index (χ1) is 8.04. The van der Waals surface area contributed by atoms with Crippen molar-refractivity contribution in [3.05, 3.63) is 18.2 Å². The summed E-state index contributed by atoms with van der Waals surface area (Å²) in [6, 6.07) is 5.55. The zero-order valence-corrected chi connectivity index (χ0v) is 10.7. The fourth-order valence-corrected chi connectivity index (χ4v) is 1.73. The number of methoxy groups -OCH3 is 1. The van der Waals surface area contributed by atoms with Gasteiger partial charge in [0.05, 0.1) is 24.6 Å². The van der Waals surface area contributed by atoms with Crippen molar-refractivity contribution in [3.63, 3.8) is 0 Å². The van der Waals surface area contributed by atoms with Gasteiger partial charge in [-0.15, -0.1) is 0 Å². The van der Waals surface area contributed by atoms with Gasteiger partial charge in [0.15, 0.2) is 0 Å². The van der Waals surface area contributed by atoms with Gasteiger partial charge in [-0.25, -0.2) is 0 Å². The van der Waals surface area contributed by atoms with Crippen LogP contribution >= 0.6 is 0 Å². The van der Waals surface area contributed by atoms with Crippen LogP contribution in [0.15, 0.2) is 18.2 Å². The monoisotopic (exact) mass is 238 g/mol. The lowest BCUT2D eigenvalue weighted by molar-refractivity contribution is 0.161. The molecule has 0 radical (unpaired) electrons. The first-order valence-electron chi connectivity index (χ1n) is 5.89. The lowest BCUT2D eigenvalue weighted by Crippen LogP contribution is -2.21. The molecule has 1 unspecified atom stereocenters. The Balaban J connectivity index is 2.57. The highest BCUT2D eigenvalue weighted by Crippen LogP contribution is 2.28. The van der Waals surface area contributed by atoms with Gasteiger partial charge in [-0.1, -0.05) is 19.9 Å². The van der Waals surface area contributed by atoms with Crippen molar-refractivity contribution in [2.45, 2.75) is 26.4 Å². The standard InChI is InChI=1S/C13H22N2O2/c1-9(2)7-10(16)8-15-11-5-4-6-12(17-3)13(11)14/h4-6,9-10,15-16H,7-8,14H2,1-3H3. The fourth-order valence-electron chi connectivity index (χ4n) is 1.73. The molecule has 1 atom stereocenters. The predicted octanol–water partition coefficient (Wildman–Crippen LogP) is 2.10. The molecule has 0 bridgehead atoms. The van der Waals surface area contributed by atoms with E-state index < -0.39 is 0 Å². The third-order valence-corrected chi connectivity index (χ3v) is 2.56. The highest BCUT2D eigenvalue weighted by Gasteiger charge is 2.09. The molecule has 17 heavy (non-hydrogen) atoms. The molecule has 0 aromatic heterocycles. The molecule has 0 amide bonds. The number of hydrogen-bond donors (Lipinski definition) is 3. The molecule has 0 saturated heterocycles. The van der Waals surface area contributed by atoms with E-state index in [4.69, 9.17) is 10.5 Å². The Morgan fingerprint density at radius 1 is 1.41 bits per heavy atom. The summed E-state index contributed by atoms with van der Waals surface area (Å²) in [5.41, 5.74) is 7.29.